The van der Waals surface area contributed by atoms with E-state index in [0.717, 1.165) is 51.1 Å². The molecule has 1 rings (SSSR count). The molecular formula is C40H76N6O3. The fourth-order valence-corrected chi connectivity index (χ4v) is 6.01. The highest BCUT2D eigenvalue weighted by Crippen LogP contribution is 2.12. The van der Waals surface area contributed by atoms with Gasteiger partial charge in [0.15, 0.2) is 0 Å². The Kier molecular flexibility index (Phi) is 31.3. The zero-order valence-corrected chi connectivity index (χ0v) is 31.4. The van der Waals surface area contributed by atoms with Gasteiger partial charge in [-0.15, -0.1) is 0 Å². The predicted octanol–water partition coefficient (Wildman–Crippen LogP) is 6.48. The van der Waals surface area contributed by atoms with E-state index in [0.29, 0.717) is 19.4 Å². The summed E-state index contributed by atoms with van der Waals surface area (Å²) in [5, 5.41) is 26.1. The van der Waals surface area contributed by atoms with Gasteiger partial charge in [0.05, 0.1) is 0 Å². The average Bonchev–Trinajstić information content (AvgIpc) is 3.09. The Morgan fingerprint density at radius 3 is 1.43 bits per heavy atom. The largest absolute Gasteiger partial charge is 0.508 e. The molecule has 0 aliphatic carbocycles. The van der Waals surface area contributed by atoms with Crippen LogP contribution in [0.4, 0.5) is 0 Å². The van der Waals surface area contributed by atoms with E-state index in [-0.39, 0.29) is 17.6 Å². The number of hydrogen-bond acceptors (Lipinski definition) is 7. The number of amides is 2. The molecule has 1 aromatic carbocycles. The van der Waals surface area contributed by atoms with E-state index in [9.17, 15) is 14.7 Å². The Morgan fingerprint density at radius 2 is 1.00 bits per heavy atom. The average molecular weight is 689 g/mol. The molecule has 0 aliphatic rings. The van der Waals surface area contributed by atoms with Crippen LogP contribution in [0.1, 0.15) is 147 Å². The topological polar surface area (TPSA) is 141 Å². The molecule has 0 fully saturated rings. The zero-order valence-electron chi connectivity index (χ0n) is 31.4. The van der Waals surface area contributed by atoms with Crippen LogP contribution in [0.3, 0.4) is 0 Å². The van der Waals surface area contributed by atoms with Gasteiger partial charge in [0.2, 0.25) is 11.8 Å². The first-order valence-corrected chi connectivity index (χ1v) is 20.2. The lowest BCUT2D eigenvalue weighted by atomic mass is 10.0. The second-order valence-corrected chi connectivity index (χ2v) is 13.8. The highest BCUT2D eigenvalue weighted by atomic mass is 16.3. The number of benzene rings is 1. The van der Waals surface area contributed by atoms with Crippen LogP contribution >= 0.6 is 0 Å². The van der Waals surface area contributed by atoms with Crippen LogP contribution in [0, 0.1) is 0 Å². The van der Waals surface area contributed by atoms with Gasteiger partial charge < -0.3 is 37.4 Å². The molecule has 0 saturated carbocycles. The van der Waals surface area contributed by atoms with Gasteiger partial charge in [-0.25, -0.2) is 0 Å². The Labute approximate surface area is 300 Å². The number of rotatable bonds is 36. The normalized spacial score (nSPS) is 11.9. The minimum absolute atomic E-state index is 0.114. The van der Waals surface area contributed by atoms with Crippen molar-refractivity contribution in [1.29, 1.82) is 0 Å². The van der Waals surface area contributed by atoms with Crippen molar-refractivity contribution >= 4 is 11.8 Å². The van der Waals surface area contributed by atoms with Gasteiger partial charge in [-0.3, -0.25) is 9.59 Å². The molecule has 0 aliphatic heterocycles. The molecule has 0 heterocycles. The molecule has 0 unspecified atom stereocenters. The molecule has 9 nitrogen and oxygen atoms in total. The monoisotopic (exact) mass is 689 g/mol. The quantitative estimate of drug-likeness (QED) is 0.0401. The van der Waals surface area contributed by atoms with Gasteiger partial charge in [0.25, 0.3) is 0 Å². The summed E-state index contributed by atoms with van der Waals surface area (Å²) in [5.41, 5.74) is 6.43. The highest BCUT2D eigenvalue weighted by Gasteiger charge is 2.20. The van der Waals surface area contributed by atoms with E-state index in [2.05, 4.69) is 26.6 Å². The molecule has 2 amide bonds. The first-order valence-electron chi connectivity index (χ1n) is 20.2. The molecule has 1 atom stereocenters. The fraction of sp³-hybridized carbons (Fsp3) is 0.800. The maximum Gasteiger partial charge on any atom is 0.242 e. The summed E-state index contributed by atoms with van der Waals surface area (Å²) < 4.78 is 0. The van der Waals surface area contributed by atoms with Crippen LogP contribution in [-0.4, -0.2) is 75.3 Å². The predicted molar refractivity (Wildman–Crippen MR) is 207 cm³/mol. The van der Waals surface area contributed by atoms with Crippen LogP contribution in [0.15, 0.2) is 24.3 Å². The van der Waals surface area contributed by atoms with Crippen molar-refractivity contribution in [2.75, 3.05) is 52.4 Å². The Bertz CT molecular complexity index is 885. The van der Waals surface area contributed by atoms with E-state index in [1.54, 1.807) is 24.3 Å². The van der Waals surface area contributed by atoms with Crippen LogP contribution in [0.5, 0.6) is 5.75 Å². The van der Waals surface area contributed by atoms with E-state index in [1.807, 2.05) is 6.92 Å². The number of aromatic hydroxyl groups is 1. The zero-order chi connectivity index (χ0) is 35.5. The van der Waals surface area contributed by atoms with Crippen molar-refractivity contribution < 1.29 is 14.7 Å². The summed E-state index contributed by atoms with van der Waals surface area (Å²) in [6.07, 6.45) is 26.1. The van der Waals surface area contributed by atoms with Crippen LogP contribution in [0.2, 0.25) is 0 Å². The number of carbonyl (C=O) groups excluding carboxylic acids is 2. The van der Waals surface area contributed by atoms with E-state index < -0.39 is 6.04 Å². The molecular weight excluding hydrogens is 612 g/mol. The van der Waals surface area contributed by atoms with Crippen LogP contribution in [-0.2, 0) is 16.0 Å². The summed E-state index contributed by atoms with van der Waals surface area (Å²) in [5.74, 6) is -0.0950. The van der Waals surface area contributed by atoms with Crippen molar-refractivity contribution in [2.45, 2.75) is 154 Å². The number of nitrogens with two attached hydrogens (primary N) is 1. The number of unbranched alkanes of at least 4 members (excludes halogenated alkanes) is 15. The van der Waals surface area contributed by atoms with Crippen molar-refractivity contribution in [3.8, 4) is 5.75 Å². The molecule has 49 heavy (non-hydrogen) atoms. The van der Waals surface area contributed by atoms with Crippen molar-refractivity contribution in [1.82, 2.24) is 26.6 Å². The lowest BCUT2D eigenvalue weighted by Crippen LogP contribution is -2.48. The first-order chi connectivity index (χ1) is 24.1. The SMILES string of the molecule is CCCC(=O)N[C@H](Cc1ccc(O)cc1)C(=O)NCCCNCCCCCCNCCCCCCCCCCCCNCCCCCCN. The third-order valence-electron chi connectivity index (χ3n) is 9.06. The molecule has 0 aromatic heterocycles. The molecule has 8 N–H and O–H groups in total. The third kappa shape index (κ3) is 29.3. The standard InChI is InChI=1S/C40H76N6O3/c1-2-22-39(48)46-38(35-36-23-25-37(47)26-24-36)40(49)45-34-21-33-44-32-20-14-13-19-31-43-29-17-11-8-6-4-3-5-7-10-16-28-42-30-18-12-9-15-27-41/h23-26,38,42-44,47H,2-22,27-35,41H2,1H3,(H,45,49)(H,46,48)/t38-/m1/s1. The lowest BCUT2D eigenvalue weighted by Gasteiger charge is -2.19. The van der Waals surface area contributed by atoms with Gasteiger partial charge in [-0.05, 0) is 115 Å². The number of carbonyl (C=O) groups is 2. The van der Waals surface area contributed by atoms with Gasteiger partial charge in [0.1, 0.15) is 11.8 Å². The van der Waals surface area contributed by atoms with Crippen LogP contribution < -0.4 is 32.3 Å². The fourth-order valence-electron chi connectivity index (χ4n) is 6.01. The maximum absolute atomic E-state index is 12.8. The van der Waals surface area contributed by atoms with Crippen molar-refractivity contribution in [3.63, 3.8) is 0 Å². The van der Waals surface area contributed by atoms with Crippen molar-refractivity contribution in [2.24, 2.45) is 5.73 Å². The third-order valence-corrected chi connectivity index (χ3v) is 9.06. The minimum Gasteiger partial charge on any atom is -0.508 e. The van der Waals surface area contributed by atoms with Gasteiger partial charge in [-0.1, -0.05) is 96.1 Å². The smallest absolute Gasteiger partial charge is 0.242 e. The summed E-state index contributed by atoms with van der Waals surface area (Å²) in [6, 6.07) is 6.14. The minimum atomic E-state index is -0.619. The summed E-state index contributed by atoms with van der Waals surface area (Å²) >= 11 is 0. The number of nitrogens with one attached hydrogen (secondary N) is 5. The molecule has 0 radical (unpaired) electrons. The Hall–Kier alpha value is -2.20. The second kappa shape index (κ2) is 34.3. The number of phenols is 1. The molecule has 9 heteroatoms. The van der Waals surface area contributed by atoms with E-state index in [1.165, 1.54) is 129 Å². The maximum atomic E-state index is 12.8. The summed E-state index contributed by atoms with van der Waals surface area (Å²) in [7, 11) is 0. The van der Waals surface area contributed by atoms with Crippen LogP contribution in [0.25, 0.3) is 0 Å². The number of phenolic OH excluding ortho intramolecular Hbond substituents is 1. The van der Waals surface area contributed by atoms with E-state index in [4.69, 9.17) is 5.73 Å². The molecule has 0 saturated heterocycles. The summed E-state index contributed by atoms with van der Waals surface area (Å²) in [4.78, 5) is 25.0. The molecule has 0 spiro atoms. The Morgan fingerprint density at radius 1 is 0.592 bits per heavy atom. The molecule has 284 valence electrons. The van der Waals surface area contributed by atoms with Gasteiger partial charge in [-0.2, -0.15) is 0 Å². The molecule has 0 bridgehead atoms. The van der Waals surface area contributed by atoms with Gasteiger partial charge >= 0.3 is 0 Å². The molecule has 1 aromatic rings. The second-order valence-electron chi connectivity index (χ2n) is 13.8. The summed E-state index contributed by atoms with van der Waals surface area (Å²) in [6.45, 7) is 9.86. The lowest BCUT2D eigenvalue weighted by molar-refractivity contribution is -0.129. The van der Waals surface area contributed by atoms with E-state index >= 15 is 0 Å². The first kappa shape index (κ1) is 44.8. The Balaban J connectivity index is 1.84. The number of hydrogen-bond donors (Lipinski definition) is 7. The van der Waals surface area contributed by atoms with Crippen molar-refractivity contribution in [3.05, 3.63) is 29.8 Å². The highest BCUT2D eigenvalue weighted by molar-refractivity contribution is 5.87. The van der Waals surface area contributed by atoms with Gasteiger partial charge in [0, 0.05) is 19.4 Å².